The van der Waals surface area contributed by atoms with Crippen LogP contribution in [0.3, 0.4) is 0 Å². The van der Waals surface area contributed by atoms with Crippen molar-refractivity contribution in [3.8, 4) is 11.5 Å². The van der Waals surface area contributed by atoms with Gasteiger partial charge < -0.3 is 9.47 Å². The Morgan fingerprint density at radius 3 is 2.20 bits per heavy atom. The van der Waals surface area contributed by atoms with E-state index in [9.17, 15) is 14.4 Å². The second-order valence-corrected chi connectivity index (χ2v) is 10.2. The number of carbonyl (C=O) groups is 3. The average molecular weight is 618 g/mol. The van der Waals surface area contributed by atoms with Crippen molar-refractivity contribution in [3.05, 3.63) is 129 Å². The van der Waals surface area contributed by atoms with Crippen LogP contribution in [-0.4, -0.2) is 17.8 Å². The Bertz CT molecular complexity index is 1590. The third-order valence-electron chi connectivity index (χ3n) is 6.02. The number of urea groups is 1. The number of rotatable bonds is 8. The Labute approximate surface area is 244 Å². The topological polar surface area (TPSA) is 84.9 Å². The molecule has 200 valence electrons. The van der Waals surface area contributed by atoms with Crippen molar-refractivity contribution in [1.82, 2.24) is 5.32 Å². The van der Waals surface area contributed by atoms with E-state index in [-0.39, 0.29) is 12.2 Å². The zero-order chi connectivity index (χ0) is 28.1. The number of anilines is 1. The summed E-state index contributed by atoms with van der Waals surface area (Å²) in [6.45, 7) is 0.623. The largest absolute Gasteiger partial charge is 0.489 e. The van der Waals surface area contributed by atoms with E-state index in [0.29, 0.717) is 34.4 Å². The molecule has 5 rings (SSSR count). The minimum Gasteiger partial charge on any atom is -0.489 e. The fourth-order valence-corrected chi connectivity index (χ4v) is 4.49. The van der Waals surface area contributed by atoms with Crippen molar-refractivity contribution in [2.24, 2.45) is 0 Å². The molecule has 1 fully saturated rings. The molecule has 0 atom stereocenters. The zero-order valence-corrected chi connectivity index (χ0v) is 23.3. The van der Waals surface area contributed by atoms with Gasteiger partial charge in [-0.05, 0) is 71.8 Å². The molecule has 4 amide bonds. The molecule has 1 N–H and O–H groups in total. The van der Waals surface area contributed by atoms with Crippen LogP contribution in [-0.2, 0) is 22.8 Å². The van der Waals surface area contributed by atoms with Crippen molar-refractivity contribution in [2.75, 3.05) is 4.90 Å². The summed E-state index contributed by atoms with van der Waals surface area (Å²) in [5, 5.41) is 2.87. The van der Waals surface area contributed by atoms with Gasteiger partial charge in [0.25, 0.3) is 11.8 Å². The molecule has 1 saturated heterocycles. The highest BCUT2D eigenvalue weighted by Gasteiger charge is 2.37. The number of hydrogen-bond acceptors (Lipinski definition) is 5. The molecule has 0 radical (unpaired) electrons. The van der Waals surface area contributed by atoms with Gasteiger partial charge in [0.1, 0.15) is 30.3 Å². The van der Waals surface area contributed by atoms with Crippen LogP contribution in [0.2, 0.25) is 5.02 Å². The molecule has 4 aromatic carbocycles. The summed E-state index contributed by atoms with van der Waals surface area (Å²) in [5.74, 6) is -0.524. The Balaban J connectivity index is 1.36. The second-order valence-electron chi connectivity index (χ2n) is 8.82. The molecule has 0 unspecified atom stereocenters. The first-order valence-corrected chi connectivity index (χ1v) is 13.4. The van der Waals surface area contributed by atoms with Gasteiger partial charge in [0.2, 0.25) is 0 Å². The van der Waals surface area contributed by atoms with E-state index in [1.807, 2.05) is 42.5 Å². The Morgan fingerprint density at radius 2 is 1.48 bits per heavy atom. The first-order chi connectivity index (χ1) is 19.4. The fourth-order valence-electron chi connectivity index (χ4n) is 3.99. The molecule has 1 heterocycles. The number of imide groups is 2. The zero-order valence-electron chi connectivity index (χ0n) is 21.0. The maximum Gasteiger partial charge on any atom is 0.335 e. The van der Waals surface area contributed by atoms with E-state index in [2.05, 4.69) is 21.2 Å². The molecular formula is C31H22BrClN2O5. The summed E-state index contributed by atoms with van der Waals surface area (Å²) in [7, 11) is 0. The van der Waals surface area contributed by atoms with Crippen molar-refractivity contribution < 1.29 is 23.9 Å². The van der Waals surface area contributed by atoms with Gasteiger partial charge in [0, 0.05) is 15.1 Å². The van der Waals surface area contributed by atoms with Crippen LogP contribution in [0.15, 0.2) is 107 Å². The Kier molecular flexibility index (Phi) is 8.28. The van der Waals surface area contributed by atoms with Crippen LogP contribution >= 0.6 is 27.5 Å². The van der Waals surface area contributed by atoms with Gasteiger partial charge in [0.15, 0.2) is 0 Å². The number of nitrogens with zero attached hydrogens (tertiary/aromatic N) is 1. The summed E-state index contributed by atoms with van der Waals surface area (Å²) in [6, 6.07) is 27.8. The van der Waals surface area contributed by atoms with E-state index in [4.69, 9.17) is 21.1 Å². The van der Waals surface area contributed by atoms with E-state index >= 15 is 0 Å². The lowest BCUT2D eigenvalue weighted by Gasteiger charge is -2.26. The van der Waals surface area contributed by atoms with E-state index in [0.717, 1.165) is 20.5 Å². The summed E-state index contributed by atoms with van der Waals surface area (Å²) in [6.07, 6.45) is 1.41. The highest BCUT2D eigenvalue weighted by molar-refractivity contribution is 9.10. The van der Waals surface area contributed by atoms with E-state index < -0.39 is 17.8 Å². The summed E-state index contributed by atoms with van der Waals surface area (Å²) in [4.78, 5) is 39.8. The molecule has 1 aliphatic heterocycles. The number of barbiturate groups is 1. The molecule has 0 aromatic heterocycles. The summed E-state index contributed by atoms with van der Waals surface area (Å²) in [5.41, 5.74) is 2.47. The molecule has 0 aliphatic carbocycles. The quantitative estimate of drug-likeness (QED) is 0.171. The van der Waals surface area contributed by atoms with E-state index in [1.54, 1.807) is 54.6 Å². The molecule has 4 aromatic rings. The van der Waals surface area contributed by atoms with Crippen LogP contribution < -0.4 is 19.7 Å². The highest BCUT2D eigenvalue weighted by Crippen LogP contribution is 2.29. The minimum absolute atomic E-state index is 0.210. The number of ether oxygens (including phenoxy) is 2. The number of hydrogen-bond donors (Lipinski definition) is 1. The van der Waals surface area contributed by atoms with Gasteiger partial charge in [0.05, 0.1) is 5.69 Å². The summed E-state index contributed by atoms with van der Waals surface area (Å²) >= 11 is 9.39. The Morgan fingerprint density at radius 1 is 0.800 bits per heavy atom. The van der Waals surface area contributed by atoms with Gasteiger partial charge in [-0.15, -0.1) is 0 Å². The predicted molar refractivity (Wildman–Crippen MR) is 156 cm³/mol. The highest BCUT2D eigenvalue weighted by atomic mass is 79.9. The lowest BCUT2D eigenvalue weighted by atomic mass is 10.1. The number of amides is 4. The first-order valence-electron chi connectivity index (χ1n) is 12.2. The number of carbonyl (C=O) groups excluding carboxylic acids is 3. The lowest BCUT2D eigenvalue weighted by Crippen LogP contribution is -2.54. The lowest BCUT2D eigenvalue weighted by molar-refractivity contribution is -0.122. The van der Waals surface area contributed by atoms with Gasteiger partial charge in [-0.25, -0.2) is 9.69 Å². The van der Waals surface area contributed by atoms with Crippen molar-refractivity contribution >= 4 is 57.1 Å². The SMILES string of the molecule is O=C1NC(=O)N(c2ccc(OCc3ccccc3)cc2)C(=O)/C1=C/c1cc(Br)ccc1OCc1ccc(Cl)cc1. The molecule has 7 nitrogen and oxygen atoms in total. The number of halogens is 2. The molecule has 0 spiro atoms. The standard InChI is InChI=1S/C31H22BrClN2O5/c32-23-8-15-28(40-19-21-6-9-24(33)10-7-21)22(16-23)17-27-29(36)34-31(38)35(30(27)37)25-11-13-26(14-12-25)39-18-20-4-2-1-3-5-20/h1-17H,18-19H2,(H,34,36,38)/b27-17+. The molecule has 9 heteroatoms. The van der Waals surface area contributed by atoms with Crippen LogP contribution in [0.25, 0.3) is 6.08 Å². The minimum atomic E-state index is -0.835. The third kappa shape index (κ3) is 6.42. The van der Waals surface area contributed by atoms with Gasteiger partial charge in [-0.1, -0.05) is 70.0 Å². The normalized spacial score (nSPS) is 14.3. The molecule has 0 saturated carbocycles. The predicted octanol–water partition coefficient (Wildman–Crippen LogP) is 6.93. The number of benzene rings is 4. The van der Waals surface area contributed by atoms with E-state index in [1.165, 1.54) is 6.08 Å². The third-order valence-corrected chi connectivity index (χ3v) is 6.77. The first kappa shape index (κ1) is 27.2. The van der Waals surface area contributed by atoms with Crippen molar-refractivity contribution in [1.29, 1.82) is 0 Å². The molecule has 0 bridgehead atoms. The van der Waals surface area contributed by atoms with Crippen LogP contribution in [0.1, 0.15) is 16.7 Å². The van der Waals surface area contributed by atoms with Crippen LogP contribution in [0.4, 0.5) is 10.5 Å². The maximum absolute atomic E-state index is 13.4. The van der Waals surface area contributed by atoms with Gasteiger partial charge in [-0.3, -0.25) is 14.9 Å². The van der Waals surface area contributed by atoms with Crippen molar-refractivity contribution in [2.45, 2.75) is 13.2 Å². The van der Waals surface area contributed by atoms with Crippen LogP contribution in [0.5, 0.6) is 11.5 Å². The Hall–Kier alpha value is -4.40. The van der Waals surface area contributed by atoms with Gasteiger partial charge in [-0.2, -0.15) is 0 Å². The molecule has 1 aliphatic rings. The van der Waals surface area contributed by atoms with Gasteiger partial charge >= 0.3 is 6.03 Å². The average Bonchev–Trinajstić information content (AvgIpc) is 2.95. The maximum atomic E-state index is 13.4. The van der Waals surface area contributed by atoms with Crippen LogP contribution in [0, 0.1) is 0 Å². The summed E-state index contributed by atoms with van der Waals surface area (Å²) < 4.78 is 12.5. The second kappa shape index (κ2) is 12.2. The smallest absolute Gasteiger partial charge is 0.335 e. The molecule has 40 heavy (non-hydrogen) atoms. The fraction of sp³-hybridized carbons (Fsp3) is 0.0645. The number of nitrogens with one attached hydrogen (secondary N) is 1. The molecular weight excluding hydrogens is 596 g/mol. The monoisotopic (exact) mass is 616 g/mol. The van der Waals surface area contributed by atoms with Crippen molar-refractivity contribution in [3.63, 3.8) is 0 Å².